The number of rotatable bonds is 4. The van der Waals surface area contributed by atoms with Gasteiger partial charge in [-0.25, -0.2) is 0 Å². The third kappa shape index (κ3) is 5.45. The Morgan fingerprint density at radius 2 is 1.95 bits per heavy atom. The number of ether oxygens (including phenoxy) is 1. The molecule has 0 spiro atoms. The van der Waals surface area contributed by atoms with Crippen molar-refractivity contribution < 1.29 is 14.3 Å². The van der Waals surface area contributed by atoms with Gasteiger partial charge in [-0.1, -0.05) is 6.42 Å². The summed E-state index contributed by atoms with van der Waals surface area (Å²) < 4.78 is 4.86. The summed E-state index contributed by atoms with van der Waals surface area (Å²) in [5, 5.41) is 6.37. The molecule has 1 atom stereocenters. The van der Waals surface area contributed by atoms with Crippen LogP contribution in [0.25, 0.3) is 0 Å². The summed E-state index contributed by atoms with van der Waals surface area (Å²) in [5.41, 5.74) is 0. The highest BCUT2D eigenvalue weighted by molar-refractivity contribution is 5.85. The fourth-order valence-corrected chi connectivity index (χ4v) is 2.87. The van der Waals surface area contributed by atoms with E-state index in [2.05, 4.69) is 10.6 Å². The lowest BCUT2D eigenvalue weighted by Gasteiger charge is -2.33. The minimum atomic E-state index is -0.0306. The Kier molecular flexibility index (Phi) is 8.00. The third-order valence-corrected chi connectivity index (χ3v) is 4.09. The smallest absolute Gasteiger partial charge is 0.248 e. The molecule has 2 fully saturated rings. The van der Waals surface area contributed by atoms with Crippen LogP contribution in [0.4, 0.5) is 0 Å². The fraction of sp³-hybridized carbons (Fsp3) is 0.857. The Balaban J connectivity index is 0.00000220. The second kappa shape index (κ2) is 9.23. The first kappa shape index (κ1) is 18.2. The van der Waals surface area contributed by atoms with Crippen LogP contribution in [0, 0.1) is 0 Å². The summed E-state index contributed by atoms with van der Waals surface area (Å²) in [6, 6.07) is 0.162. The average molecular weight is 320 g/mol. The first-order valence-electron chi connectivity index (χ1n) is 7.51. The van der Waals surface area contributed by atoms with Gasteiger partial charge in [0.1, 0.15) is 6.61 Å². The maximum Gasteiger partial charge on any atom is 0.248 e. The normalized spacial score (nSPS) is 23.3. The Morgan fingerprint density at radius 1 is 1.24 bits per heavy atom. The van der Waals surface area contributed by atoms with Crippen molar-refractivity contribution >= 4 is 24.2 Å². The molecule has 0 aromatic heterocycles. The molecule has 0 bridgehead atoms. The van der Waals surface area contributed by atoms with Crippen molar-refractivity contribution in [3.05, 3.63) is 0 Å². The number of carbonyl (C=O) groups is 2. The molecule has 2 amide bonds. The minimum Gasteiger partial charge on any atom is -0.375 e. The third-order valence-electron chi connectivity index (χ3n) is 4.09. The number of hydrogen-bond acceptors (Lipinski definition) is 4. The standard InChI is InChI=1S/C14H25N3O3.ClH/c1-20-10-13(18)17-8-5-11(6-9-17)16-14(19)12-4-2-3-7-15-12;/h11-12,15H,2-10H2,1H3,(H,16,19);1H/t12-;/m0./s1. The van der Waals surface area contributed by atoms with Crippen LogP contribution >= 0.6 is 12.4 Å². The Morgan fingerprint density at radius 3 is 2.52 bits per heavy atom. The van der Waals surface area contributed by atoms with Crippen LogP contribution in [0.1, 0.15) is 32.1 Å². The van der Waals surface area contributed by atoms with Crippen LogP contribution in [-0.4, -0.2) is 62.1 Å². The molecule has 2 saturated heterocycles. The molecule has 2 heterocycles. The molecule has 0 aliphatic carbocycles. The Hall–Kier alpha value is -0.850. The maximum atomic E-state index is 12.1. The highest BCUT2D eigenvalue weighted by Crippen LogP contribution is 2.12. The molecule has 7 heteroatoms. The van der Waals surface area contributed by atoms with Crippen molar-refractivity contribution in [3.8, 4) is 0 Å². The zero-order valence-corrected chi connectivity index (χ0v) is 13.4. The van der Waals surface area contributed by atoms with Crippen molar-refractivity contribution in [1.82, 2.24) is 15.5 Å². The van der Waals surface area contributed by atoms with Gasteiger partial charge >= 0.3 is 0 Å². The molecule has 2 aliphatic heterocycles. The highest BCUT2D eigenvalue weighted by Gasteiger charge is 2.26. The summed E-state index contributed by atoms with van der Waals surface area (Å²) in [4.78, 5) is 25.6. The second-order valence-corrected chi connectivity index (χ2v) is 5.60. The van der Waals surface area contributed by atoms with E-state index in [0.29, 0.717) is 13.1 Å². The highest BCUT2D eigenvalue weighted by atomic mass is 35.5. The van der Waals surface area contributed by atoms with Crippen LogP contribution in [-0.2, 0) is 14.3 Å². The second-order valence-electron chi connectivity index (χ2n) is 5.60. The van der Waals surface area contributed by atoms with Crippen LogP contribution in [0.3, 0.4) is 0 Å². The van der Waals surface area contributed by atoms with Crippen molar-refractivity contribution in [2.24, 2.45) is 0 Å². The molecular formula is C14H26ClN3O3. The lowest BCUT2D eigenvalue weighted by atomic mass is 10.0. The van der Waals surface area contributed by atoms with Gasteiger partial charge in [-0.05, 0) is 32.2 Å². The summed E-state index contributed by atoms with van der Waals surface area (Å²) in [5.74, 6) is 0.151. The molecule has 6 nitrogen and oxygen atoms in total. The molecule has 2 N–H and O–H groups in total. The van der Waals surface area contributed by atoms with Crippen LogP contribution in [0.2, 0.25) is 0 Å². The summed E-state index contributed by atoms with van der Waals surface area (Å²) >= 11 is 0. The number of nitrogens with one attached hydrogen (secondary N) is 2. The molecule has 0 saturated carbocycles. The predicted molar refractivity (Wildman–Crippen MR) is 82.5 cm³/mol. The molecule has 21 heavy (non-hydrogen) atoms. The van der Waals surface area contributed by atoms with E-state index in [1.165, 1.54) is 7.11 Å². The van der Waals surface area contributed by atoms with Gasteiger partial charge in [0.25, 0.3) is 0 Å². The van der Waals surface area contributed by atoms with Crippen molar-refractivity contribution in [1.29, 1.82) is 0 Å². The quantitative estimate of drug-likeness (QED) is 0.782. The first-order valence-corrected chi connectivity index (χ1v) is 7.51. The number of carbonyl (C=O) groups excluding carboxylic acids is 2. The van der Waals surface area contributed by atoms with Crippen molar-refractivity contribution in [2.45, 2.75) is 44.2 Å². The lowest BCUT2D eigenvalue weighted by molar-refractivity contribution is -0.136. The van der Waals surface area contributed by atoms with Gasteiger partial charge in [0.15, 0.2) is 0 Å². The molecule has 2 rings (SSSR count). The number of methoxy groups -OCH3 is 1. The van der Waals surface area contributed by atoms with Gasteiger partial charge in [-0.2, -0.15) is 0 Å². The van der Waals surface area contributed by atoms with Gasteiger partial charge in [0.05, 0.1) is 6.04 Å². The van der Waals surface area contributed by atoms with E-state index in [4.69, 9.17) is 4.74 Å². The number of piperidine rings is 2. The van der Waals surface area contributed by atoms with Crippen LogP contribution < -0.4 is 10.6 Å². The van der Waals surface area contributed by atoms with Gasteiger partial charge < -0.3 is 20.3 Å². The number of halogens is 1. The van der Waals surface area contributed by atoms with E-state index in [9.17, 15) is 9.59 Å². The fourth-order valence-electron chi connectivity index (χ4n) is 2.87. The van der Waals surface area contributed by atoms with E-state index in [1.807, 2.05) is 4.90 Å². The van der Waals surface area contributed by atoms with Gasteiger partial charge in [-0.15, -0.1) is 12.4 Å². The summed E-state index contributed by atoms with van der Waals surface area (Å²) in [6.45, 7) is 2.47. The first-order chi connectivity index (χ1) is 9.70. The average Bonchev–Trinajstić information content (AvgIpc) is 2.49. The summed E-state index contributed by atoms with van der Waals surface area (Å²) in [6.07, 6.45) is 4.86. The number of amides is 2. The van der Waals surface area contributed by atoms with Gasteiger partial charge in [0, 0.05) is 26.2 Å². The summed E-state index contributed by atoms with van der Waals surface area (Å²) in [7, 11) is 1.53. The zero-order valence-electron chi connectivity index (χ0n) is 12.6. The van der Waals surface area contributed by atoms with E-state index in [1.54, 1.807) is 0 Å². The van der Waals surface area contributed by atoms with E-state index in [-0.39, 0.29) is 42.9 Å². The Labute approximate surface area is 132 Å². The number of nitrogens with zero attached hydrogens (tertiary/aromatic N) is 1. The lowest BCUT2D eigenvalue weighted by Crippen LogP contribution is -2.52. The van der Waals surface area contributed by atoms with E-state index >= 15 is 0 Å². The van der Waals surface area contributed by atoms with Crippen LogP contribution in [0.15, 0.2) is 0 Å². The van der Waals surface area contributed by atoms with E-state index < -0.39 is 0 Å². The maximum absolute atomic E-state index is 12.1. The van der Waals surface area contributed by atoms with Gasteiger partial charge in [0.2, 0.25) is 11.8 Å². The predicted octanol–water partition coefficient (Wildman–Crippen LogP) is 0.304. The van der Waals surface area contributed by atoms with E-state index in [0.717, 1.165) is 38.6 Å². The van der Waals surface area contributed by atoms with Gasteiger partial charge in [-0.3, -0.25) is 9.59 Å². The molecule has 0 aromatic carbocycles. The molecule has 0 radical (unpaired) electrons. The number of hydrogen-bond donors (Lipinski definition) is 2. The van der Waals surface area contributed by atoms with Crippen molar-refractivity contribution in [3.63, 3.8) is 0 Å². The largest absolute Gasteiger partial charge is 0.375 e. The molecule has 122 valence electrons. The molecule has 2 aliphatic rings. The minimum absolute atomic E-state index is 0. The number of likely N-dealkylation sites (tertiary alicyclic amines) is 1. The molecule has 0 aromatic rings. The topological polar surface area (TPSA) is 70.7 Å². The monoisotopic (exact) mass is 319 g/mol. The molecular weight excluding hydrogens is 294 g/mol. The van der Waals surface area contributed by atoms with Crippen LogP contribution in [0.5, 0.6) is 0 Å². The molecule has 0 unspecified atom stereocenters. The van der Waals surface area contributed by atoms with Crippen molar-refractivity contribution in [2.75, 3.05) is 33.4 Å². The SMILES string of the molecule is COCC(=O)N1CCC(NC(=O)[C@@H]2CCCCN2)CC1.Cl. The Bertz CT molecular complexity index is 340. The zero-order chi connectivity index (χ0) is 14.4.